The molecule has 0 atom stereocenters. The molecule has 39 heavy (non-hydrogen) atoms. The van der Waals surface area contributed by atoms with Crippen molar-refractivity contribution in [3.8, 4) is 34.2 Å². The third-order valence-electron chi connectivity index (χ3n) is 7.28. The Morgan fingerprint density at radius 2 is 1.08 bits per heavy atom. The molecule has 8 rings (SSSR count). The van der Waals surface area contributed by atoms with Crippen molar-refractivity contribution < 1.29 is 8.83 Å². The number of hydrogen-bond acceptors (Lipinski definition) is 5. The number of benzene rings is 5. The van der Waals surface area contributed by atoms with Crippen molar-refractivity contribution in [1.29, 1.82) is 0 Å². The zero-order chi connectivity index (χ0) is 25.9. The van der Waals surface area contributed by atoms with Crippen LogP contribution in [0.2, 0.25) is 0 Å². The van der Waals surface area contributed by atoms with E-state index in [1.165, 1.54) is 0 Å². The Balaban J connectivity index is 1.45. The second kappa shape index (κ2) is 8.36. The number of hydrogen-bond donors (Lipinski definition) is 0. The smallest absolute Gasteiger partial charge is 0.167 e. The van der Waals surface area contributed by atoms with Crippen LogP contribution in [0.25, 0.3) is 78.0 Å². The number of aromatic nitrogens is 3. The number of nitrogens with zero attached hydrogens (tertiary/aromatic N) is 3. The van der Waals surface area contributed by atoms with Gasteiger partial charge in [-0.3, -0.25) is 0 Å². The van der Waals surface area contributed by atoms with E-state index in [9.17, 15) is 0 Å². The van der Waals surface area contributed by atoms with E-state index in [1.807, 2.05) is 84.9 Å². The van der Waals surface area contributed by atoms with Crippen molar-refractivity contribution in [3.63, 3.8) is 0 Å². The summed E-state index contributed by atoms with van der Waals surface area (Å²) >= 11 is 0. The monoisotopic (exact) mass is 503 g/mol. The average molecular weight is 504 g/mol. The maximum atomic E-state index is 6.34. The predicted molar refractivity (Wildman–Crippen MR) is 155 cm³/mol. The Morgan fingerprint density at radius 3 is 1.95 bits per heavy atom. The molecule has 0 amide bonds. The van der Waals surface area contributed by atoms with Crippen molar-refractivity contribution in [2.45, 2.75) is 6.92 Å². The van der Waals surface area contributed by atoms with Gasteiger partial charge in [0.2, 0.25) is 0 Å². The van der Waals surface area contributed by atoms with Crippen LogP contribution in [0.5, 0.6) is 0 Å². The highest BCUT2D eigenvalue weighted by Crippen LogP contribution is 2.39. The van der Waals surface area contributed by atoms with Gasteiger partial charge in [0.1, 0.15) is 22.3 Å². The Morgan fingerprint density at radius 1 is 0.462 bits per heavy atom. The molecule has 0 aliphatic rings. The topological polar surface area (TPSA) is 65.0 Å². The molecule has 3 aromatic heterocycles. The molecule has 0 aliphatic heterocycles. The van der Waals surface area contributed by atoms with Crippen LogP contribution in [0.4, 0.5) is 0 Å². The molecule has 184 valence electrons. The van der Waals surface area contributed by atoms with Crippen LogP contribution >= 0.6 is 0 Å². The molecule has 0 spiro atoms. The molecule has 5 nitrogen and oxygen atoms in total. The molecule has 5 aromatic carbocycles. The Hall–Kier alpha value is -5.29. The van der Waals surface area contributed by atoms with E-state index < -0.39 is 0 Å². The molecule has 0 saturated carbocycles. The quantitative estimate of drug-likeness (QED) is 0.241. The summed E-state index contributed by atoms with van der Waals surface area (Å²) in [4.78, 5) is 15.0. The molecule has 5 heteroatoms. The average Bonchev–Trinajstić information content (AvgIpc) is 3.56. The molecule has 0 unspecified atom stereocenters. The van der Waals surface area contributed by atoms with Crippen LogP contribution in [-0.2, 0) is 0 Å². The number of rotatable bonds is 3. The van der Waals surface area contributed by atoms with Crippen molar-refractivity contribution in [1.82, 2.24) is 15.0 Å². The van der Waals surface area contributed by atoms with E-state index in [-0.39, 0.29) is 0 Å². The van der Waals surface area contributed by atoms with Gasteiger partial charge in [0.15, 0.2) is 17.5 Å². The predicted octanol–water partition coefficient (Wildman–Crippen LogP) is 8.98. The molecule has 0 bridgehead atoms. The highest BCUT2D eigenvalue weighted by molar-refractivity contribution is 6.13. The molecule has 0 aliphatic carbocycles. The number of furan rings is 2. The number of aryl methyl sites for hydroxylation is 1. The summed E-state index contributed by atoms with van der Waals surface area (Å²) in [6, 6.07) is 36.3. The van der Waals surface area contributed by atoms with Gasteiger partial charge in [-0.05, 0) is 36.8 Å². The van der Waals surface area contributed by atoms with E-state index in [4.69, 9.17) is 23.8 Å². The van der Waals surface area contributed by atoms with Crippen LogP contribution in [0.1, 0.15) is 5.56 Å². The van der Waals surface area contributed by atoms with Crippen LogP contribution in [0.3, 0.4) is 0 Å². The zero-order valence-electron chi connectivity index (χ0n) is 21.1. The summed E-state index contributed by atoms with van der Waals surface area (Å²) in [5.41, 5.74) is 7.03. The summed E-state index contributed by atoms with van der Waals surface area (Å²) in [7, 11) is 0. The van der Waals surface area contributed by atoms with Crippen molar-refractivity contribution in [2.75, 3.05) is 0 Å². The van der Waals surface area contributed by atoms with Crippen molar-refractivity contribution >= 4 is 43.9 Å². The maximum Gasteiger partial charge on any atom is 0.167 e. The molecule has 0 radical (unpaired) electrons. The van der Waals surface area contributed by atoms with E-state index >= 15 is 0 Å². The Bertz CT molecular complexity index is 2190. The molecular weight excluding hydrogens is 482 g/mol. The fourth-order valence-corrected chi connectivity index (χ4v) is 5.48. The third kappa shape index (κ3) is 3.37. The van der Waals surface area contributed by atoms with Crippen LogP contribution < -0.4 is 0 Å². The zero-order valence-corrected chi connectivity index (χ0v) is 21.1. The van der Waals surface area contributed by atoms with E-state index in [0.717, 1.165) is 66.1 Å². The van der Waals surface area contributed by atoms with Crippen LogP contribution in [0, 0.1) is 6.92 Å². The van der Waals surface area contributed by atoms with Gasteiger partial charge in [-0.15, -0.1) is 0 Å². The fraction of sp³-hybridized carbons (Fsp3) is 0.0294. The Kier molecular flexibility index (Phi) is 4.67. The Labute approximate surface area is 223 Å². The lowest BCUT2D eigenvalue weighted by Gasteiger charge is -2.09. The summed E-state index contributed by atoms with van der Waals surface area (Å²) in [5, 5.41) is 4.18. The largest absolute Gasteiger partial charge is 0.456 e. The fourth-order valence-electron chi connectivity index (χ4n) is 5.48. The number of fused-ring (bicyclic) bond motifs is 6. The highest BCUT2D eigenvalue weighted by Gasteiger charge is 2.20. The second-order valence-electron chi connectivity index (χ2n) is 9.68. The first-order valence-corrected chi connectivity index (χ1v) is 12.9. The summed E-state index contributed by atoms with van der Waals surface area (Å²) in [6.45, 7) is 2.10. The minimum absolute atomic E-state index is 0.560. The van der Waals surface area contributed by atoms with Gasteiger partial charge in [0.25, 0.3) is 0 Å². The minimum atomic E-state index is 0.560. The lowest BCUT2D eigenvalue weighted by atomic mass is 10.0. The maximum absolute atomic E-state index is 6.34. The molecule has 0 fully saturated rings. The van der Waals surface area contributed by atoms with Crippen molar-refractivity contribution in [3.05, 3.63) is 115 Å². The first kappa shape index (κ1) is 21.8. The van der Waals surface area contributed by atoms with Gasteiger partial charge in [-0.1, -0.05) is 84.9 Å². The van der Waals surface area contributed by atoms with Gasteiger partial charge in [0, 0.05) is 32.7 Å². The SMILES string of the molecule is Cc1cccc2oc3cccc(-c4nc(-c5ccccc5)nc(-c5cccc6c5oc5ccccc56)n4)c3c12. The first-order valence-electron chi connectivity index (χ1n) is 12.9. The van der Waals surface area contributed by atoms with Crippen LogP contribution in [-0.4, -0.2) is 15.0 Å². The van der Waals surface area contributed by atoms with E-state index in [1.54, 1.807) is 0 Å². The molecule has 3 heterocycles. The normalized spacial score (nSPS) is 11.7. The van der Waals surface area contributed by atoms with Gasteiger partial charge in [-0.2, -0.15) is 0 Å². The minimum Gasteiger partial charge on any atom is -0.456 e. The molecule has 0 saturated heterocycles. The standard InChI is InChI=1S/C34H21N3O2/c1-20-10-7-18-27-29(20)30-24(15-9-19-28(30)38-27)33-35-32(21-11-3-2-4-12-21)36-34(37-33)25-16-8-14-23-22-13-5-6-17-26(22)39-31(23)25/h2-19H,1H3. The van der Waals surface area contributed by atoms with E-state index in [2.05, 4.69) is 31.2 Å². The van der Waals surface area contributed by atoms with Crippen LogP contribution in [0.15, 0.2) is 118 Å². The van der Waals surface area contributed by atoms with Gasteiger partial charge >= 0.3 is 0 Å². The lowest BCUT2D eigenvalue weighted by molar-refractivity contribution is 0.668. The van der Waals surface area contributed by atoms with Gasteiger partial charge in [-0.25, -0.2) is 15.0 Å². The van der Waals surface area contributed by atoms with Gasteiger partial charge in [0.05, 0.1) is 5.56 Å². The van der Waals surface area contributed by atoms with Gasteiger partial charge < -0.3 is 8.83 Å². The molecule has 8 aromatic rings. The second-order valence-corrected chi connectivity index (χ2v) is 9.68. The summed E-state index contributed by atoms with van der Waals surface area (Å²) < 4.78 is 12.6. The third-order valence-corrected chi connectivity index (χ3v) is 7.28. The molecular formula is C34H21N3O2. The summed E-state index contributed by atoms with van der Waals surface area (Å²) in [5.74, 6) is 1.75. The first-order chi connectivity index (χ1) is 19.2. The number of para-hydroxylation sites is 2. The molecule has 0 N–H and O–H groups in total. The summed E-state index contributed by atoms with van der Waals surface area (Å²) in [6.07, 6.45) is 0. The lowest BCUT2D eigenvalue weighted by Crippen LogP contribution is -2.00. The van der Waals surface area contributed by atoms with E-state index in [0.29, 0.717) is 17.5 Å². The highest BCUT2D eigenvalue weighted by atomic mass is 16.3. The van der Waals surface area contributed by atoms with Crippen molar-refractivity contribution in [2.24, 2.45) is 0 Å².